The summed E-state index contributed by atoms with van der Waals surface area (Å²) in [5.74, 6) is -0.406. The van der Waals surface area contributed by atoms with Gasteiger partial charge in [0.1, 0.15) is 12.0 Å². The van der Waals surface area contributed by atoms with Gasteiger partial charge in [0.25, 0.3) is 5.91 Å². The molecule has 1 saturated carbocycles. The Morgan fingerprint density at radius 2 is 2.02 bits per heavy atom. The first-order valence-electron chi connectivity index (χ1n) is 14.3. The van der Waals surface area contributed by atoms with Crippen LogP contribution in [-0.4, -0.2) is 86.8 Å². The number of nitrogens with one attached hydrogen (secondary N) is 2. The zero-order chi connectivity index (χ0) is 29.6. The Hall–Kier alpha value is -3.64. The maximum atomic E-state index is 14.1. The average Bonchev–Trinajstić information content (AvgIpc) is 3.38. The third-order valence-corrected chi connectivity index (χ3v) is 7.72. The maximum absolute atomic E-state index is 14.1. The molecule has 11 nitrogen and oxygen atoms in total. The first-order valence-corrected chi connectivity index (χ1v) is 14.3. The second-order valence-electron chi connectivity index (χ2n) is 10.6. The molecule has 6 rings (SSSR count). The van der Waals surface area contributed by atoms with Crippen LogP contribution in [0.4, 0.5) is 4.39 Å². The molecule has 41 heavy (non-hydrogen) atoms. The van der Waals surface area contributed by atoms with Gasteiger partial charge in [-0.3, -0.25) is 19.5 Å². The number of aromatic amines is 1. The topological polar surface area (TPSA) is 121 Å². The fourth-order valence-corrected chi connectivity index (χ4v) is 5.45. The van der Waals surface area contributed by atoms with Crippen molar-refractivity contribution in [3.8, 4) is 17.1 Å². The number of carbonyl (C=O) groups excluding carboxylic acids is 2. The van der Waals surface area contributed by atoms with E-state index in [1.807, 2.05) is 25.8 Å². The van der Waals surface area contributed by atoms with Crippen LogP contribution in [0.1, 0.15) is 61.4 Å². The Labute approximate surface area is 240 Å². The van der Waals surface area contributed by atoms with Crippen molar-refractivity contribution >= 4 is 12.2 Å². The van der Waals surface area contributed by atoms with E-state index in [1.54, 1.807) is 6.07 Å². The minimum Gasteiger partial charge on any atom is -0.481 e. The minimum absolute atomic E-state index is 0.0252. The van der Waals surface area contributed by atoms with Crippen LogP contribution < -0.4 is 10.1 Å². The lowest BCUT2D eigenvalue weighted by Gasteiger charge is -2.38. The van der Waals surface area contributed by atoms with Crippen LogP contribution in [0.3, 0.4) is 0 Å². The van der Waals surface area contributed by atoms with Crippen molar-refractivity contribution < 1.29 is 18.7 Å². The molecule has 0 aromatic carbocycles. The molecular formula is C29H41FN8O3. The zero-order valence-corrected chi connectivity index (χ0v) is 24.6. The third-order valence-electron chi connectivity index (χ3n) is 7.72. The van der Waals surface area contributed by atoms with Gasteiger partial charge in [-0.25, -0.2) is 9.37 Å². The van der Waals surface area contributed by atoms with Crippen LogP contribution >= 0.6 is 0 Å². The van der Waals surface area contributed by atoms with E-state index in [-0.39, 0.29) is 28.8 Å². The number of nitrogens with zero attached hydrogens (tertiary/aromatic N) is 6. The number of methoxy groups -OCH3 is 1. The smallest absolute Gasteiger partial charge is 0.272 e. The van der Waals surface area contributed by atoms with Crippen molar-refractivity contribution in [2.24, 2.45) is 5.92 Å². The van der Waals surface area contributed by atoms with E-state index in [9.17, 15) is 14.0 Å². The number of ether oxygens (including phenoxy) is 1. The minimum atomic E-state index is -0.540. The maximum Gasteiger partial charge on any atom is 0.272 e. The van der Waals surface area contributed by atoms with Gasteiger partial charge in [0.15, 0.2) is 5.82 Å². The Bertz CT molecular complexity index is 1340. The number of likely N-dealkylation sites (N-methyl/N-ethyl adjacent to an activating group) is 1. The molecule has 1 amide bonds. The Morgan fingerprint density at radius 1 is 1.24 bits per heavy atom. The van der Waals surface area contributed by atoms with Gasteiger partial charge >= 0.3 is 0 Å². The molecule has 1 atom stereocenters. The molecule has 1 spiro atoms. The number of amides is 1. The van der Waals surface area contributed by atoms with Crippen molar-refractivity contribution in [1.29, 1.82) is 0 Å². The number of hydrogen-bond acceptors (Lipinski definition) is 8. The third kappa shape index (κ3) is 6.82. The molecular weight excluding hydrogens is 527 g/mol. The lowest BCUT2D eigenvalue weighted by Crippen LogP contribution is -2.48. The molecule has 2 N–H and O–H groups in total. The molecule has 1 aliphatic carbocycles. The van der Waals surface area contributed by atoms with Gasteiger partial charge in [0, 0.05) is 49.3 Å². The molecule has 3 aromatic heterocycles. The van der Waals surface area contributed by atoms with Gasteiger partial charge < -0.3 is 19.7 Å². The highest BCUT2D eigenvalue weighted by atomic mass is 19.1. The lowest BCUT2D eigenvalue weighted by molar-refractivity contribution is -0.113. The van der Waals surface area contributed by atoms with Crippen LogP contribution in [0.15, 0.2) is 24.4 Å². The van der Waals surface area contributed by atoms with Crippen molar-refractivity contribution in [2.75, 3.05) is 34.3 Å². The Kier molecular flexibility index (Phi) is 9.87. The number of aromatic nitrogens is 5. The van der Waals surface area contributed by atoms with Gasteiger partial charge in [-0.15, -0.1) is 0 Å². The zero-order valence-electron chi connectivity index (χ0n) is 24.6. The first kappa shape index (κ1) is 30.3. The number of piperidine rings is 1. The standard InChI is InChI=1S/C18H19FN4O3.C9H16N4.C2H6/c1-26-16-6-12(13(19)9-20-16)14-7-15(22-21-14)17(25)23-5-2-11(10-24)8-18(23)3-4-18;1-10-6-8-5-9-7-12(2)3-4-13(9)11-8;1-2/h6-7,9-11H,2-5,8H2,1H3,(H,21,22);5,10H,3-4,6-7H2,1-2H3;1-2H3. The molecule has 0 radical (unpaired) electrons. The molecule has 0 bridgehead atoms. The fraction of sp³-hybridized carbons (Fsp3) is 0.552. The number of fused-ring (bicyclic) bond motifs is 1. The number of halogens is 1. The molecule has 2 fully saturated rings. The summed E-state index contributed by atoms with van der Waals surface area (Å²) in [5.41, 5.74) is 3.13. The predicted molar refractivity (Wildman–Crippen MR) is 153 cm³/mol. The normalized spacial score (nSPS) is 18.9. The Balaban J connectivity index is 0.000000216. The summed E-state index contributed by atoms with van der Waals surface area (Å²) in [5, 5.41) is 14.4. The van der Waals surface area contributed by atoms with E-state index in [4.69, 9.17) is 4.74 Å². The molecule has 5 heterocycles. The summed E-state index contributed by atoms with van der Waals surface area (Å²) in [6.07, 6.45) is 5.29. The number of carbonyl (C=O) groups is 2. The average molecular weight is 569 g/mol. The second kappa shape index (κ2) is 13.3. The highest BCUT2D eigenvalue weighted by molar-refractivity contribution is 5.94. The van der Waals surface area contributed by atoms with Gasteiger partial charge in [-0.1, -0.05) is 13.8 Å². The highest BCUT2D eigenvalue weighted by Crippen LogP contribution is 2.50. The van der Waals surface area contributed by atoms with Gasteiger partial charge in [-0.05, 0) is 51.9 Å². The number of rotatable bonds is 6. The molecule has 12 heteroatoms. The SMILES string of the molecule is CC.CNCc1cc2n(n1)CCN(C)C2.COc1cc(-c2cc(C(=O)N3CCC(C=O)CC34CC4)[nH]n2)c(F)cn1. The molecule has 1 unspecified atom stereocenters. The van der Waals surface area contributed by atoms with Gasteiger partial charge in [0.05, 0.1) is 36.9 Å². The fourth-order valence-electron chi connectivity index (χ4n) is 5.45. The lowest BCUT2D eigenvalue weighted by atomic mass is 9.90. The van der Waals surface area contributed by atoms with Crippen molar-refractivity contribution in [3.05, 3.63) is 47.3 Å². The van der Waals surface area contributed by atoms with E-state index in [0.29, 0.717) is 24.4 Å². The van der Waals surface area contributed by atoms with Crippen LogP contribution in [0.25, 0.3) is 11.3 Å². The number of pyridine rings is 1. The highest BCUT2D eigenvalue weighted by Gasteiger charge is 2.53. The largest absolute Gasteiger partial charge is 0.481 e. The number of H-pyrrole nitrogens is 1. The summed E-state index contributed by atoms with van der Waals surface area (Å²) < 4.78 is 21.2. The van der Waals surface area contributed by atoms with Crippen molar-refractivity contribution in [3.63, 3.8) is 0 Å². The van der Waals surface area contributed by atoms with Gasteiger partial charge in [-0.2, -0.15) is 10.2 Å². The predicted octanol–water partition coefficient (Wildman–Crippen LogP) is 3.28. The van der Waals surface area contributed by atoms with E-state index in [0.717, 1.165) is 63.6 Å². The Morgan fingerprint density at radius 3 is 2.71 bits per heavy atom. The summed E-state index contributed by atoms with van der Waals surface area (Å²) >= 11 is 0. The monoisotopic (exact) mass is 568 g/mol. The van der Waals surface area contributed by atoms with Crippen LogP contribution in [-0.2, 0) is 24.4 Å². The summed E-state index contributed by atoms with van der Waals surface area (Å²) in [6.45, 7) is 8.57. The van der Waals surface area contributed by atoms with Crippen LogP contribution in [0, 0.1) is 11.7 Å². The van der Waals surface area contributed by atoms with Crippen LogP contribution in [0.5, 0.6) is 5.88 Å². The van der Waals surface area contributed by atoms with Crippen molar-refractivity contribution in [2.45, 2.75) is 64.7 Å². The second-order valence-corrected chi connectivity index (χ2v) is 10.6. The molecule has 1 saturated heterocycles. The van der Waals surface area contributed by atoms with E-state index >= 15 is 0 Å². The molecule has 222 valence electrons. The molecule has 2 aliphatic heterocycles. The summed E-state index contributed by atoms with van der Waals surface area (Å²) in [4.78, 5) is 32.0. The quantitative estimate of drug-likeness (QED) is 0.435. The summed E-state index contributed by atoms with van der Waals surface area (Å²) in [6, 6.07) is 5.17. The van der Waals surface area contributed by atoms with Crippen molar-refractivity contribution in [1.82, 2.24) is 40.1 Å². The van der Waals surface area contributed by atoms with E-state index in [2.05, 4.69) is 48.3 Å². The molecule has 3 aromatic rings. The first-order chi connectivity index (χ1) is 19.9. The van der Waals surface area contributed by atoms with E-state index in [1.165, 1.54) is 18.9 Å². The van der Waals surface area contributed by atoms with Gasteiger partial charge in [0.2, 0.25) is 5.88 Å². The van der Waals surface area contributed by atoms with Crippen LogP contribution in [0.2, 0.25) is 0 Å². The number of aldehydes is 1. The number of hydrogen-bond donors (Lipinski definition) is 2. The summed E-state index contributed by atoms with van der Waals surface area (Å²) in [7, 11) is 5.54. The van der Waals surface area contributed by atoms with E-state index < -0.39 is 5.82 Å². The number of likely N-dealkylation sites (tertiary alicyclic amines) is 1. The molecule has 3 aliphatic rings.